The van der Waals surface area contributed by atoms with E-state index in [9.17, 15) is 13.2 Å². The normalized spacial score (nSPS) is 26.8. The fourth-order valence-electron chi connectivity index (χ4n) is 4.04. The molecule has 1 amide bonds. The fraction of sp³-hybridized carbons (Fsp3) is 0.375. The largest absolute Gasteiger partial charge is 0.325 e. The van der Waals surface area contributed by atoms with Gasteiger partial charge in [0.05, 0.1) is 23.9 Å². The van der Waals surface area contributed by atoms with Gasteiger partial charge in [-0.3, -0.25) is 9.48 Å². The first kappa shape index (κ1) is 15.3. The fourth-order valence-corrected chi connectivity index (χ4v) is 5.15. The van der Waals surface area contributed by atoms with Crippen LogP contribution < -0.4 is 5.32 Å². The maximum absolute atomic E-state index is 13.0. The van der Waals surface area contributed by atoms with Crippen LogP contribution in [0.25, 0.3) is 0 Å². The van der Waals surface area contributed by atoms with Gasteiger partial charge < -0.3 is 5.32 Å². The van der Waals surface area contributed by atoms with Gasteiger partial charge in [-0.05, 0) is 18.1 Å². The van der Waals surface area contributed by atoms with Crippen LogP contribution in [0.4, 0.5) is 5.69 Å². The highest BCUT2D eigenvalue weighted by atomic mass is 32.2. The van der Waals surface area contributed by atoms with Crippen molar-refractivity contribution in [2.24, 2.45) is 7.05 Å². The Morgan fingerprint density at radius 2 is 2.08 bits per heavy atom. The third kappa shape index (κ3) is 1.96. The molecule has 1 aromatic carbocycles. The number of nitrogens with one attached hydrogen (secondary N) is 1. The minimum Gasteiger partial charge on any atom is -0.325 e. The molecular weight excluding hydrogens is 328 g/mol. The summed E-state index contributed by atoms with van der Waals surface area (Å²) in [5.74, 6) is -0.149. The third-order valence-electron chi connectivity index (χ3n) is 5.01. The summed E-state index contributed by atoms with van der Waals surface area (Å²) in [7, 11) is -1.69. The zero-order valence-electron chi connectivity index (χ0n) is 13.4. The number of carbonyl (C=O) groups is 1. The number of aryl methyl sites for hydroxylation is 1. The molecule has 4 rings (SSSR count). The summed E-state index contributed by atoms with van der Waals surface area (Å²) in [6, 6.07) is 6.91. The number of para-hydroxylation sites is 1. The van der Waals surface area contributed by atoms with Crippen molar-refractivity contribution < 1.29 is 13.2 Å². The predicted octanol–water partition coefficient (Wildman–Crippen LogP) is 1.02. The maximum atomic E-state index is 13.0. The number of anilines is 1. The average Bonchev–Trinajstić information content (AvgIpc) is 3.17. The van der Waals surface area contributed by atoms with Gasteiger partial charge in [0.25, 0.3) is 0 Å². The van der Waals surface area contributed by atoms with Crippen molar-refractivity contribution in [3.63, 3.8) is 0 Å². The van der Waals surface area contributed by atoms with Crippen LogP contribution >= 0.6 is 0 Å². The number of aromatic nitrogens is 2. The predicted molar refractivity (Wildman–Crippen MR) is 88.9 cm³/mol. The molecule has 2 atom stereocenters. The number of nitrogens with zero attached hydrogens (tertiary/aromatic N) is 3. The van der Waals surface area contributed by atoms with Crippen molar-refractivity contribution in [1.29, 1.82) is 0 Å². The molecule has 3 heterocycles. The van der Waals surface area contributed by atoms with Crippen LogP contribution in [0.5, 0.6) is 0 Å². The summed E-state index contributed by atoms with van der Waals surface area (Å²) < 4.78 is 27.7. The van der Waals surface area contributed by atoms with Gasteiger partial charge in [0.1, 0.15) is 0 Å². The van der Waals surface area contributed by atoms with Crippen molar-refractivity contribution in [1.82, 2.24) is 14.1 Å². The lowest BCUT2D eigenvalue weighted by Crippen LogP contribution is -2.42. The van der Waals surface area contributed by atoms with Crippen LogP contribution in [0.2, 0.25) is 0 Å². The highest BCUT2D eigenvalue weighted by Crippen LogP contribution is 2.55. The Hall–Kier alpha value is -2.19. The Kier molecular flexibility index (Phi) is 3.14. The Morgan fingerprint density at radius 1 is 1.33 bits per heavy atom. The van der Waals surface area contributed by atoms with Gasteiger partial charge >= 0.3 is 0 Å². The van der Waals surface area contributed by atoms with Gasteiger partial charge in [0, 0.05) is 31.0 Å². The van der Waals surface area contributed by atoms with Crippen molar-refractivity contribution in [3.05, 3.63) is 47.8 Å². The summed E-state index contributed by atoms with van der Waals surface area (Å²) in [5, 5.41) is 7.10. The lowest BCUT2D eigenvalue weighted by Gasteiger charge is -2.32. The first-order chi connectivity index (χ1) is 11.3. The molecule has 0 bridgehead atoms. The van der Waals surface area contributed by atoms with E-state index in [4.69, 9.17) is 0 Å². The van der Waals surface area contributed by atoms with E-state index in [2.05, 4.69) is 10.4 Å². The minimum atomic E-state index is -3.46. The molecule has 2 aliphatic heterocycles. The molecule has 0 unspecified atom stereocenters. The van der Waals surface area contributed by atoms with Gasteiger partial charge in [-0.2, -0.15) is 9.40 Å². The first-order valence-electron chi connectivity index (χ1n) is 7.70. The van der Waals surface area contributed by atoms with Crippen molar-refractivity contribution in [2.75, 3.05) is 18.1 Å². The van der Waals surface area contributed by atoms with Gasteiger partial charge in [-0.15, -0.1) is 0 Å². The number of benzene rings is 1. The average molecular weight is 346 g/mol. The smallest absolute Gasteiger partial charge is 0.237 e. The number of hydrogen-bond donors (Lipinski definition) is 1. The van der Waals surface area contributed by atoms with Gasteiger partial charge in [-0.1, -0.05) is 18.2 Å². The lowest BCUT2D eigenvalue weighted by atomic mass is 9.73. The molecule has 1 N–H and O–H groups in total. The Balaban J connectivity index is 1.96. The summed E-state index contributed by atoms with van der Waals surface area (Å²) in [4.78, 5) is 13.0. The van der Waals surface area contributed by atoms with Crippen molar-refractivity contribution >= 4 is 21.6 Å². The second kappa shape index (κ2) is 4.90. The van der Waals surface area contributed by atoms with Crippen LogP contribution in [0.15, 0.2) is 36.7 Å². The van der Waals surface area contributed by atoms with E-state index in [1.807, 2.05) is 24.3 Å². The summed E-state index contributed by atoms with van der Waals surface area (Å²) in [6.07, 6.45) is 5.06. The Labute approximate surface area is 140 Å². The van der Waals surface area contributed by atoms with Crippen molar-refractivity contribution in [2.45, 2.75) is 17.9 Å². The molecule has 126 valence electrons. The van der Waals surface area contributed by atoms with Crippen LogP contribution in [-0.2, 0) is 27.3 Å². The molecule has 0 saturated carbocycles. The maximum Gasteiger partial charge on any atom is 0.237 e. The number of sulfonamides is 1. The molecular formula is C16H18N4O3S. The van der Waals surface area contributed by atoms with Crippen LogP contribution in [0.3, 0.4) is 0 Å². The molecule has 24 heavy (non-hydrogen) atoms. The van der Waals surface area contributed by atoms with E-state index in [1.54, 1.807) is 24.1 Å². The summed E-state index contributed by atoms with van der Waals surface area (Å²) >= 11 is 0. The second-order valence-corrected chi connectivity index (χ2v) is 8.38. The van der Waals surface area contributed by atoms with E-state index in [-0.39, 0.29) is 5.91 Å². The highest BCUT2D eigenvalue weighted by molar-refractivity contribution is 7.88. The lowest BCUT2D eigenvalue weighted by molar-refractivity contribution is -0.121. The first-order valence-corrected chi connectivity index (χ1v) is 9.55. The van der Waals surface area contributed by atoms with Crippen LogP contribution in [-0.4, -0.2) is 41.2 Å². The quantitative estimate of drug-likeness (QED) is 0.880. The second-order valence-electron chi connectivity index (χ2n) is 6.44. The SMILES string of the molecule is Cn1cc([C@@H]2N(S(C)(=O)=O)CC[C@]23C(=O)Nc2ccccc23)cn1. The number of rotatable bonds is 2. The topological polar surface area (TPSA) is 84.3 Å². The van der Waals surface area contributed by atoms with E-state index < -0.39 is 21.5 Å². The molecule has 1 spiro atoms. The Morgan fingerprint density at radius 3 is 2.75 bits per heavy atom. The zero-order chi connectivity index (χ0) is 17.1. The molecule has 1 fully saturated rings. The summed E-state index contributed by atoms with van der Waals surface area (Å²) in [6.45, 7) is 0.306. The van der Waals surface area contributed by atoms with Crippen LogP contribution in [0.1, 0.15) is 23.6 Å². The molecule has 1 saturated heterocycles. The molecule has 0 aliphatic carbocycles. The van der Waals surface area contributed by atoms with E-state index in [0.29, 0.717) is 13.0 Å². The molecule has 0 radical (unpaired) electrons. The number of carbonyl (C=O) groups excluding carboxylic acids is 1. The van der Waals surface area contributed by atoms with E-state index >= 15 is 0 Å². The standard InChI is InChI=1S/C16H18N4O3S/c1-19-10-11(9-17-19)14-16(7-8-20(14)24(2,22)23)12-5-3-4-6-13(12)18-15(16)21/h3-6,9-10,14H,7-8H2,1-2H3,(H,18,21)/t14-,16+/m0/s1. The number of fused-ring (bicyclic) bond motifs is 2. The minimum absolute atomic E-state index is 0.149. The molecule has 2 aliphatic rings. The molecule has 8 heteroatoms. The number of hydrogen-bond acceptors (Lipinski definition) is 4. The highest BCUT2D eigenvalue weighted by Gasteiger charge is 2.60. The number of amides is 1. The third-order valence-corrected chi connectivity index (χ3v) is 6.25. The molecule has 1 aromatic heterocycles. The van der Waals surface area contributed by atoms with E-state index in [1.165, 1.54) is 10.6 Å². The Bertz CT molecular complexity index is 936. The zero-order valence-corrected chi connectivity index (χ0v) is 14.2. The van der Waals surface area contributed by atoms with Gasteiger partial charge in [-0.25, -0.2) is 8.42 Å². The van der Waals surface area contributed by atoms with Crippen LogP contribution in [0, 0.1) is 0 Å². The van der Waals surface area contributed by atoms with Gasteiger partial charge in [0.2, 0.25) is 15.9 Å². The van der Waals surface area contributed by atoms with Gasteiger partial charge in [0.15, 0.2) is 0 Å². The van der Waals surface area contributed by atoms with Crippen molar-refractivity contribution in [3.8, 4) is 0 Å². The summed E-state index contributed by atoms with van der Waals surface area (Å²) in [5.41, 5.74) is 1.43. The molecule has 7 nitrogen and oxygen atoms in total. The molecule has 2 aromatic rings. The monoisotopic (exact) mass is 346 g/mol. The van der Waals surface area contributed by atoms with E-state index in [0.717, 1.165) is 16.8 Å².